The minimum absolute atomic E-state index is 0.143. The lowest BCUT2D eigenvalue weighted by Crippen LogP contribution is -2.51. The summed E-state index contributed by atoms with van der Waals surface area (Å²) in [5, 5.41) is 154. The molecule has 6 amide bonds. The van der Waals surface area contributed by atoms with Gasteiger partial charge in [0.15, 0.2) is 18.3 Å². The Hall–Kier alpha value is -6.33. The van der Waals surface area contributed by atoms with Gasteiger partial charge in [0.25, 0.3) is 0 Å². The number of carboxylic acids is 6. The lowest BCUT2D eigenvalue weighted by molar-refractivity contribution is -0.192. The Labute approximate surface area is 504 Å². The van der Waals surface area contributed by atoms with Crippen molar-refractivity contribution in [2.24, 2.45) is 17.8 Å². The van der Waals surface area contributed by atoms with Crippen LogP contribution in [0.4, 0.5) is 0 Å². The van der Waals surface area contributed by atoms with Gasteiger partial charge in [-0.3, -0.25) is 28.8 Å². The van der Waals surface area contributed by atoms with Crippen molar-refractivity contribution in [3.05, 3.63) is 0 Å². The van der Waals surface area contributed by atoms with Crippen LogP contribution in [0.15, 0.2) is 0 Å². The number of hydrogen-bond donors (Lipinski definition) is 22. The normalized spacial score (nSPS) is 16.3. The van der Waals surface area contributed by atoms with E-state index in [1.165, 1.54) is 35.3 Å². The van der Waals surface area contributed by atoms with Crippen LogP contribution in [0.3, 0.4) is 0 Å². The van der Waals surface area contributed by atoms with Gasteiger partial charge < -0.3 is 114 Å². The summed E-state index contributed by atoms with van der Waals surface area (Å²) >= 11 is 3.72. The molecule has 86 heavy (non-hydrogen) atoms. The van der Waals surface area contributed by atoms with Gasteiger partial charge >= 0.3 is 42.0 Å². The average Bonchev–Trinajstić information content (AvgIpc) is 3.62. The molecule has 0 saturated heterocycles. The first-order chi connectivity index (χ1) is 40.0. The summed E-state index contributed by atoms with van der Waals surface area (Å²) in [6, 6.07) is -3.78. The van der Waals surface area contributed by atoms with Gasteiger partial charge in [-0.2, -0.15) is 44.9 Å². The van der Waals surface area contributed by atoms with E-state index in [4.69, 9.17) is 50.4 Å². The summed E-state index contributed by atoms with van der Waals surface area (Å²) in [7, 11) is 1.56. The summed E-state index contributed by atoms with van der Waals surface area (Å²) in [6.07, 6.45) is -13.0. The standard InChI is InChI=1S/C16H29N3O9S.2C15H26N2O9S.CO2/c1-7(17-2)8(14(24)19-9(6-29-3)15(25)26)4-11(21)18-5-10(20)12(22)13(23)16(27)28;2*1-3-7(13(22)17-8(6-27-2)14(23)24)4-10(19)16-5-9(18)11(20)12(21)15(25)26;2-1-3/h7-10,12-13,17,20,22-23H,4-6H2,1-3H3,(H,18,21)(H,19,24)(H,25,26)(H,27,28);2*7-9,11-12,18,20-21H,3-6H2,1-2H3,(H,16,19)(H,17,22)(H,23,24)(H,25,26);/t7-,8?,9-,10?,12?,13?;7-,8-,9-,11+,12+;7-,8-,9-,11+,12-;/m000./s1. The van der Waals surface area contributed by atoms with Gasteiger partial charge in [-0.25, -0.2) is 28.8 Å². The zero-order valence-corrected chi connectivity index (χ0v) is 50.1. The van der Waals surface area contributed by atoms with Crippen molar-refractivity contribution in [1.82, 2.24) is 37.2 Å². The number of rotatable bonds is 40. The molecule has 16 atom stereocenters. The zero-order chi connectivity index (χ0) is 67.7. The van der Waals surface area contributed by atoms with Gasteiger partial charge in [0.2, 0.25) is 35.4 Å². The maximum absolute atomic E-state index is 12.5. The maximum atomic E-state index is 12.5. The molecule has 0 saturated carbocycles. The molecule has 36 nitrogen and oxygen atoms in total. The summed E-state index contributed by atoms with van der Waals surface area (Å²) in [5.41, 5.74) is 0. The van der Waals surface area contributed by atoms with Crippen LogP contribution >= 0.6 is 35.3 Å². The van der Waals surface area contributed by atoms with Gasteiger partial charge in [0.05, 0.1) is 5.92 Å². The molecule has 4 unspecified atom stereocenters. The smallest absolute Gasteiger partial charge is 0.373 e. The number of aliphatic hydroxyl groups excluding tert-OH is 9. The number of aliphatic carboxylic acids is 6. The molecule has 0 heterocycles. The fourth-order valence-electron chi connectivity index (χ4n) is 6.38. The highest BCUT2D eigenvalue weighted by Crippen LogP contribution is 2.14. The predicted molar refractivity (Wildman–Crippen MR) is 298 cm³/mol. The van der Waals surface area contributed by atoms with E-state index < -0.39 is 188 Å². The lowest BCUT2D eigenvalue weighted by atomic mass is 9.95. The van der Waals surface area contributed by atoms with Crippen LogP contribution in [-0.4, -0.2) is 296 Å². The Balaban J connectivity index is -0.000000573. The molecule has 0 aromatic heterocycles. The number of aliphatic hydroxyl groups is 9. The van der Waals surface area contributed by atoms with Crippen molar-refractivity contribution < 1.29 is 144 Å². The molecule has 0 spiro atoms. The number of carbonyl (C=O) groups excluding carboxylic acids is 8. The van der Waals surface area contributed by atoms with Gasteiger partial charge in [0.1, 0.15) is 54.7 Å². The van der Waals surface area contributed by atoms with E-state index in [9.17, 15) is 93.3 Å². The molecule has 39 heteroatoms. The van der Waals surface area contributed by atoms with Gasteiger partial charge in [-0.05, 0) is 45.6 Å². The Morgan fingerprint density at radius 3 is 0.872 bits per heavy atom. The summed E-state index contributed by atoms with van der Waals surface area (Å²) in [4.78, 5) is 154. The predicted octanol–water partition coefficient (Wildman–Crippen LogP) is -8.53. The molecule has 0 radical (unpaired) electrons. The largest absolute Gasteiger partial charge is 0.480 e. The molecule has 22 N–H and O–H groups in total. The van der Waals surface area contributed by atoms with Gasteiger partial charge in [-0.1, -0.05) is 13.8 Å². The van der Waals surface area contributed by atoms with E-state index in [1.807, 2.05) is 0 Å². The Morgan fingerprint density at radius 2 is 0.663 bits per heavy atom. The van der Waals surface area contributed by atoms with Crippen molar-refractivity contribution >= 4 is 113 Å². The molecule has 0 aliphatic carbocycles. The topological polar surface area (TPSA) is 627 Å². The number of thioether (sulfide) groups is 3. The highest BCUT2D eigenvalue weighted by Gasteiger charge is 2.35. The van der Waals surface area contributed by atoms with Crippen LogP contribution in [0.5, 0.6) is 0 Å². The zero-order valence-electron chi connectivity index (χ0n) is 47.7. The Bertz CT molecular complexity index is 2090. The monoisotopic (exact) mass is 1300 g/mol. The van der Waals surface area contributed by atoms with E-state index >= 15 is 0 Å². The maximum Gasteiger partial charge on any atom is 0.373 e. The fourth-order valence-corrected chi connectivity index (χ4v) is 8.05. The fraction of sp³-hybridized carbons (Fsp3) is 0.723. The molecule has 0 bridgehead atoms. The quantitative estimate of drug-likeness (QED) is 0.0271. The molecule has 496 valence electrons. The van der Waals surface area contributed by atoms with E-state index in [2.05, 4.69) is 37.2 Å². The van der Waals surface area contributed by atoms with Crippen molar-refractivity contribution in [1.29, 1.82) is 0 Å². The number of nitrogens with one attached hydrogen (secondary N) is 7. The first kappa shape index (κ1) is 86.1. The Kier molecular flexibility index (Phi) is 47.8. The first-order valence-corrected chi connectivity index (χ1v) is 29.5. The van der Waals surface area contributed by atoms with Crippen LogP contribution < -0.4 is 37.2 Å². The molecule has 0 aromatic rings. The van der Waals surface area contributed by atoms with Gasteiger partial charge in [0, 0.05) is 74.0 Å². The Morgan fingerprint density at radius 1 is 0.419 bits per heavy atom. The van der Waals surface area contributed by atoms with Crippen molar-refractivity contribution in [2.45, 2.75) is 132 Å². The molecule has 0 aromatic carbocycles. The lowest BCUT2D eigenvalue weighted by Gasteiger charge is -2.25. The molecular weight excluding hydrogens is 1220 g/mol. The van der Waals surface area contributed by atoms with Crippen molar-refractivity contribution in [3.63, 3.8) is 0 Å². The SMILES string of the molecule is CC[C@@H](CC(=O)NC[C@H](O)[C@@H](O)[C@@H](O)C(=O)O)C(=O)N[C@@H](CSC)C(=O)O.CC[C@@H](CC(=O)NC[C@H](O)[C@@H](O)[C@H](O)C(=O)O)C(=O)N[C@@H](CSC)C(=O)O.CN[C@@H](C)C(CC(=O)NCC(O)C(O)C(O)C(=O)O)C(=O)N[C@@H](CSC)C(=O)O.O=C=O. The summed E-state index contributed by atoms with van der Waals surface area (Å²) in [5.74, 6) is -14.7. The minimum Gasteiger partial charge on any atom is -0.480 e. The van der Waals surface area contributed by atoms with Crippen LogP contribution in [0, 0.1) is 17.8 Å². The molecular formula is C47H81N7O29S3. The number of hydrogen-bond acceptors (Lipinski definition) is 27. The molecule has 0 aliphatic heterocycles. The highest BCUT2D eigenvalue weighted by molar-refractivity contribution is 7.99. The van der Waals surface area contributed by atoms with Gasteiger partial charge in [-0.15, -0.1) is 0 Å². The second kappa shape index (κ2) is 47.8. The summed E-state index contributed by atoms with van der Waals surface area (Å²) < 4.78 is 0. The molecule has 0 rings (SSSR count). The van der Waals surface area contributed by atoms with Crippen molar-refractivity contribution in [2.75, 3.05) is 62.7 Å². The minimum atomic E-state index is -2.23. The van der Waals surface area contributed by atoms with E-state index in [1.54, 1.807) is 46.6 Å². The average molecular weight is 1300 g/mol. The van der Waals surface area contributed by atoms with E-state index in [-0.39, 0.29) is 55.5 Å². The molecule has 0 aliphatic rings. The number of carbonyl (C=O) groups is 12. The van der Waals surface area contributed by atoms with Crippen LogP contribution in [0.2, 0.25) is 0 Å². The third kappa shape index (κ3) is 36.6. The second-order valence-electron chi connectivity index (χ2n) is 18.1. The van der Waals surface area contributed by atoms with E-state index in [0.717, 1.165) is 0 Å². The van der Waals surface area contributed by atoms with Crippen LogP contribution in [0.25, 0.3) is 0 Å². The number of carboxylic acid groups (broad SMARTS) is 6. The van der Waals surface area contributed by atoms with Crippen molar-refractivity contribution in [3.8, 4) is 0 Å². The van der Waals surface area contributed by atoms with E-state index in [0.29, 0.717) is 0 Å². The highest BCUT2D eigenvalue weighted by atomic mass is 32.2. The third-order valence-electron chi connectivity index (χ3n) is 11.7. The number of amides is 6. The second-order valence-corrected chi connectivity index (χ2v) is 20.8. The first-order valence-electron chi connectivity index (χ1n) is 25.3. The van der Waals surface area contributed by atoms with Crippen LogP contribution in [-0.2, 0) is 67.1 Å². The third-order valence-corrected chi connectivity index (χ3v) is 13.7. The molecule has 0 fully saturated rings. The van der Waals surface area contributed by atoms with Crippen LogP contribution in [0.1, 0.15) is 52.9 Å². The summed E-state index contributed by atoms with van der Waals surface area (Å²) in [6.45, 7) is 3.28.